The van der Waals surface area contributed by atoms with Crippen LogP contribution < -0.4 is 5.32 Å². The highest BCUT2D eigenvalue weighted by molar-refractivity contribution is 7.98. The van der Waals surface area contributed by atoms with Crippen LogP contribution in [-0.4, -0.2) is 33.7 Å². The van der Waals surface area contributed by atoms with Crippen molar-refractivity contribution in [3.63, 3.8) is 0 Å². The van der Waals surface area contributed by atoms with Crippen LogP contribution in [0.2, 0.25) is 0 Å². The average Bonchev–Trinajstić information content (AvgIpc) is 3.09. The van der Waals surface area contributed by atoms with Gasteiger partial charge in [0.25, 0.3) is 5.91 Å². The summed E-state index contributed by atoms with van der Waals surface area (Å²) >= 11 is 1.47. The topological polar surface area (TPSA) is 70.7 Å². The Balaban J connectivity index is 1.70. The van der Waals surface area contributed by atoms with Gasteiger partial charge in [0.05, 0.1) is 5.69 Å². The number of H-pyrrole nitrogens is 1. The van der Waals surface area contributed by atoms with Crippen molar-refractivity contribution in [1.82, 2.24) is 20.3 Å². The minimum Gasteiger partial charge on any atom is -0.357 e. The normalized spacial score (nSPS) is 14.1. The fraction of sp³-hybridized carbons (Fsp3) is 0.250. The third kappa shape index (κ3) is 4.54. The van der Waals surface area contributed by atoms with Gasteiger partial charge < -0.3 is 10.3 Å². The number of halogens is 1. The fourth-order valence-corrected chi connectivity index (χ4v) is 3.04. The van der Waals surface area contributed by atoms with Gasteiger partial charge in [-0.15, -0.1) is 0 Å². The van der Waals surface area contributed by atoms with Crippen LogP contribution in [0.5, 0.6) is 0 Å². The molecule has 1 aliphatic rings. The smallest absolute Gasteiger partial charge is 0.267 e. The second-order valence-electron chi connectivity index (χ2n) is 6.27. The van der Waals surface area contributed by atoms with Crippen molar-refractivity contribution in [1.29, 1.82) is 0 Å². The molecule has 2 aromatic heterocycles. The number of nitrogens with zero attached hydrogens (tertiary/aromatic N) is 2. The zero-order valence-corrected chi connectivity index (χ0v) is 16.3. The van der Waals surface area contributed by atoms with Gasteiger partial charge in [0.2, 0.25) is 0 Å². The Morgan fingerprint density at radius 2 is 2.19 bits per heavy atom. The molecule has 3 rings (SSSR count). The molecule has 5 nitrogen and oxygen atoms in total. The average molecular weight is 384 g/mol. The largest absolute Gasteiger partial charge is 0.357 e. The van der Waals surface area contributed by atoms with Crippen molar-refractivity contribution in [2.45, 2.75) is 25.4 Å². The van der Waals surface area contributed by atoms with Crippen LogP contribution in [0.1, 0.15) is 29.4 Å². The van der Waals surface area contributed by atoms with Gasteiger partial charge in [-0.3, -0.25) is 4.79 Å². The monoisotopic (exact) mass is 384 g/mol. The predicted octanol–water partition coefficient (Wildman–Crippen LogP) is 4.36. The molecule has 0 atom stereocenters. The molecular formula is C20H21FN4OS. The highest BCUT2D eigenvalue weighted by Crippen LogP contribution is 2.24. The summed E-state index contributed by atoms with van der Waals surface area (Å²) in [5.41, 5.74) is 4.36. The molecule has 1 amide bonds. The molecule has 7 heteroatoms. The van der Waals surface area contributed by atoms with Gasteiger partial charge in [-0.05, 0) is 55.4 Å². The lowest BCUT2D eigenvalue weighted by molar-refractivity contribution is 0.0953. The third-order valence-electron chi connectivity index (χ3n) is 4.28. The van der Waals surface area contributed by atoms with E-state index in [1.165, 1.54) is 17.8 Å². The number of nitrogens with one attached hydrogen (secondary N) is 2. The Hall–Kier alpha value is -2.67. The van der Waals surface area contributed by atoms with Crippen LogP contribution in [0.15, 0.2) is 58.8 Å². The lowest BCUT2D eigenvalue weighted by atomic mass is 10.1. The summed E-state index contributed by atoms with van der Waals surface area (Å²) in [7, 11) is 0. The van der Waals surface area contributed by atoms with E-state index in [-0.39, 0.29) is 18.3 Å². The predicted molar refractivity (Wildman–Crippen MR) is 106 cm³/mol. The maximum absolute atomic E-state index is 13.8. The number of rotatable bonds is 5. The Morgan fingerprint density at radius 3 is 2.96 bits per heavy atom. The number of carbonyl (C=O) groups excluding carboxylic acids is 1. The number of aromatic amines is 1. The number of amides is 1. The molecule has 140 valence electrons. The molecule has 0 saturated heterocycles. The number of thioether (sulfide) groups is 1. The van der Waals surface area contributed by atoms with E-state index in [4.69, 9.17) is 0 Å². The molecule has 0 unspecified atom stereocenters. The molecule has 1 aliphatic carbocycles. The third-order valence-corrected chi connectivity index (χ3v) is 4.84. The van der Waals surface area contributed by atoms with Crippen LogP contribution >= 0.6 is 11.8 Å². The van der Waals surface area contributed by atoms with Crippen molar-refractivity contribution in [2.24, 2.45) is 0 Å². The van der Waals surface area contributed by atoms with Gasteiger partial charge in [0.1, 0.15) is 11.5 Å². The first-order valence-corrected chi connectivity index (χ1v) is 9.78. The van der Waals surface area contributed by atoms with Gasteiger partial charge in [-0.1, -0.05) is 23.9 Å². The number of hydrogen-bond acceptors (Lipinski definition) is 4. The maximum Gasteiger partial charge on any atom is 0.267 e. The maximum atomic E-state index is 13.8. The van der Waals surface area contributed by atoms with E-state index in [1.807, 2.05) is 25.3 Å². The van der Waals surface area contributed by atoms with Crippen molar-refractivity contribution in [3.8, 4) is 11.3 Å². The summed E-state index contributed by atoms with van der Waals surface area (Å²) in [5, 5.41) is 3.51. The van der Waals surface area contributed by atoms with E-state index in [1.54, 1.807) is 25.4 Å². The van der Waals surface area contributed by atoms with E-state index >= 15 is 0 Å². The van der Waals surface area contributed by atoms with Gasteiger partial charge in [-0.25, -0.2) is 14.4 Å². The van der Waals surface area contributed by atoms with Crippen LogP contribution in [0.3, 0.4) is 0 Å². The lowest BCUT2D eigenvalue weighted by Crippen LogP contribution is -2.25. The fourth-order valence-electron chi connectivity index (χ4n) is 2.70. The minimum atomic E-state index is -0.265. The molecule has 27 heavy (non-hydrogen) atoms. The molecule has 0 radical (unpaired) electrons. The van der Waals surface area contributed by atoms with Crippen molar-refractivity contribution < 1.29 is 9.18 Å². The Labute approximate surface area is 161 Å². The second-order valence-corrected chi connectivity index (χ2v) is 7.04. The molecule has 0 spiro atoms. The Kier molecular flexibility index (Phi) is 5.91. The first kappa shape index (κ1) is 19.1. The zero-order valence-electron chi connectivity index (χ0n) is 15.5. The standard InChI is InChI=1S/C20H21FN4OS/c1-12-5-4-6-14(7-16(12)21)10-23-19(26)17-8-15(11-22-17)18-13(2)9-24-20(25-18)27-3/h5-9,11,22H,4,10H2,1-3H3,(H,23,26). The number of aromatic nitrogens is 3. The molecule has 2 N–H and O–H groups in total. The van der Waals surface area contributed by atoms with E-state index in [2.05, 4.69) is 20.3 Å². The van der Waals surface area contributed by atoms with Crippen molar-refractivity contribution >= 4 is 17.7 Å². The summed E-state index contributed by atoms with van der Waals surface area (Å²) in [6, 6.07) is 1.76. The van der Waals surface area contributed by atoms with E-state index in [0.717, 1.165) is 22.4 Å². The van der Waals surface area contributed by atoms with Crippen molar-refractivity contribution in [3.05, 3.63) is 64.9 Å². The van der Waals surface area contributed by atoms with Gasteiger partial charge in [-0.2, -0.15) is 0 Å². The molecular weight excluding hydrogens is 363 g/mol. The first-order chi connectivity index (χ1) is 13.0. The summed E-state index contributed by atoms with van der Waals surface area (Å²) < 4.78 is 13.8. The Morgan fingerprint density at radius 1 is 1.37 bits per heavy atom. The highest BCUT2D eigenvalue weighted by Gasteiger charge is 2.13. The first-order valence-electron chi connectivity index (χ1n) is 8.56. The van der Waals surface area contributed by atoms with Crippen LogP contribution in [-0.2, 0) is 0 Å². The van der Waals surface area contributed by atoms with E-state index in [9.17, 15) is 9.18 Å². The highest BCUT2D eigenvalue weighted by atomic mass is 32.2. The van der Waals surface area contributed by atoms with Crippen LogP contribution in [0.4, 0.5) is 4.39 Å². The molecule has 2 heterocycles. The Bertz CT molecular complexity index is 959. The molecule has 0 bridgehead atoms. The molecule has 0 fully saturated rings. The second kappa shape index (κ2) is 8.35. The number of allylic oxidation sites excluding steroid dienone is 4. The van der Waals surface area contributed by atoms with E-state index < -0.39 is 0 Å². The van der Waals surface area contributed by atoms with Crippen molar-refractivity contribution in [2.75, 3.05) is 12.8 Å². The SMILES string of the molecule is CSc1ncc(C)c(-c2c[nH]c(C(=O)NCC3=CCC=C(C)C(F)=C3)c2)n1. The zero-order chi connectivity index (χ0) is 19.4. The molecule has 0 aliphatic heterocycles. The minimum absolute atomic E-state index is 0.248. The lowest BCUT2D eigenvalue weighted by Gasteiger charge is -2.05. The molecule has 2 aromatic rings. The summed E-state index contributed by atoms with van der Waals surface area (Å²) in [5.74, 6) is -0.513. The molecule has 0 saturated carbocycles. The summed E-state index contributed by atoms with van der Waals surface area (Å²) in [6.07, 6.45) is 11.3. The van der Waals surface area contributed by atoms with Gasteiger partial charge >= 0.3 is 0 Å². The van der Waals surface area contributed by atoms with Crippen LogP contribution in [0, 0.1) is 6.92 Å². The van der Waals surface area contributed by atoms with E-state index in [0.29, 0.717) is 22.8 Å². The number of carbonyl (C=O) groups is 1. The summed E-state index contributed by atoms with van der Waals surface area (Å²) in [6.45, 7) is 3.94. The summed E-state index contributed by atoms with van der Waals surface area (Å²) in [4.78, 5) is 24.2. The van der Waals surface area contributed by atoms with Crippen LogP contribution in [0.25, 0.3) is 11.3 Å². The molecule has 0 aromatic carbocycles. The number of hydrogen-bond donors (Lipinski definition) is 2. The van der Waals surface area contributed by atoms with Gasteiger partial charge in [0, 0.05) is 24.5 Å². The quantitative estimate of drug-likeness (QED) is 0.593. The number of aryl methyl sites for hydroxylation is 1. The van der Waals surface area contributed by atoms with Gasteiger partial charge in [0.15, 0.2) is 5.16 Å².